The number of nitrogen functional groups attached to an aromatic ring is 1. The lowest BCUT2D eigenvalue weighted by Gasteiger charge is -2.15. The van der Waals surface area contributed by atoms with E-state index in [1.165, 1.54) is 31.0 Å². The Labute approximate surface area is 106 Å². The molecule has 1 amide bonds. The summed E-state index contributed by atoms with van der Waals surface area (Å²) in [6, 6.07) is 3.82. The van der Waals surface area contributed by atoms with Crippen molar-refractivity contribution < 1.29 is 9.18 Å². The summed E-state index contributed by atoms with van der Waals surface area (Å²) in [4.78, 5) is 14.1. The molecule has 0 aromatic heterocycles. The van der Waals surface area contributed by atoms with Gasteiger partial charge < -0.3 is 16.0 Å². The van der Waals surface area contributed by atoms with E-state index in [4.69, 9.17) is 5.73 Å². The molecule has 0 atom stereocenters. The zero-order valence-corrected chi connectivity index (χ0v) is 10.3. The summed E-state index contributed by atoms with van der Waals surface area (Å²) in [5.41, 5.74) is 6.15. The van der Waals surface area contributed by atoms with Gasteiger partial charge in [0.25, 0.3) is 5.91 Å². The van der Waals surface area contributed by atoms with Gasteiger partial charge in [-0.2, -0.15) is 0 Å². The minimum Gasteiger partial charge on any atom is -0.398 e. The molecular formula is C13H18FN3O. The summed E-state index contributed by atoms with van der Waals surface area (Å²) in [6.45, 7) is 3.59. The Morgan fingerprint density at radius 3 is 2.83 bits per heavy atom. The van der Waals surface area contributed by atoms with Gasteiger partial charge >= 0.3 is 0 Å². The van der Waals surface area contributed by atoms with Crippen LogP contribution in [0.3, 0.4) is 0 Å². The van der Waals surface area contributed by atoms with E-state index in [1.54, 1.807) is 0 Å². The smallest absolute Gasteiger partial charge is 0.253 e. The van der Waals surface area contributed by atoms with Crippen molar-refractivity contribution in [3.63, 3.8) is 0 Å². The second-order valence-electron chi connectivity index (χ2n) is 4.54. The van der Waals surface area contributed by atoms with Crippen LogP contribution in [0.1, 0.15) is 23.2 Å². The summed E-state index contributed by atoms with van der Waals surface area (Å²) in [7, 11) is 0. The van der Waals surface area contributed by atoms with Gasteiger partial charge in [0.2, 0.25) is 0 Å². The molecule has 1 heterocycles. The summed E-state index contributed by atoms with van der Waals surface area (Å²) < 4.78 is 13.0. The number of hydrogen-bond acceptors (Lipinski definition) is 3. The monoisotopic (exact) mass is 251 g/mol. The fourth-order valence-corrected chi connectivity index (χ4v) is 2.15. The summed E-state index contributed by atoms with van der Waals surface area (Å²) in [6.07, 6.45) is 2.45. The summed E-state index contributed by atoms with van der Waals surface area (Å²) in [5, 5.41) is 2.77. The number of nitrogens with zero attached hydrogens (tertiary/aromatic N) is 1. The number of anilines is 1. The molecule has 4 nitrogen and oxygen atoms in total. The third-order valence-electron chi connectivity index (χ3n) is 3.17. The molecule has 1 aliphatic rings. The minimum atomic E-state index is -0.450. The van der Waals surface area contributed by atoms with Gasteiger partial charge in [-0.3, -0.25) is 4.79 Å². The third-order valence-corrected chi connectivity index (χ3v) is 3.17. The lowest BCUT2D eigenvalue weighted by Crippen LogP contribution is -2.33. The molecule has 0 bridgehead atoms. The zero-order valence-electron chi connectivity index (χ0n) is 10.3. The van der Waals surface area contributed by atoms with Crippen molar-refractivity contribution in [1.82, 2.24) is 10.2 Å². The van der Waals surface area contributed by atoms with Crippen LogP contribution in [0.15, 0.2) is 18.2 Å². The van der Waals surface area contributed by atoms with Gasteiger partial charge in [-0.05, 0) is 44.1 Å². The second-order valence-corrected chi connectivity index (χ2v) is 4.54. The Bertz CT molecular complexity index is 430. The number of carbonyl (C=O) groups is 1. The number of benzene rings is 1. The maximum absolute atomic E-state index is 13.0. The van der Waals surface area contributed by atoms with Gasteiger partial charge in [-0.25, -0.2) is 4.39 Å². The Hall–Kier alpha value is -1.62. The van der Waals surface area contributed by atoms with E-state index in [1.807, 2.05) is 0 Å². The van der Waals surface area contributed by atoms with E-state index in [2.05, 4.69) is 10.2 Å². The molecule has 1 aromatic rings. The van der Waals surface area contributed by atoms with Gasteiger partial charge in [0.05, 0.1) is 5.56 Å². The molecule has 0 spiro atoms. The molecule has 0 saturated carbocycles. The number of nitrogens with two attached hydrogens (primary N) is 1. The first kappa shape index (κ1) is 12.8. The Balaban J connectivity index is 1.85. The average Bonchev–Trinajstić information content (AvgIpc) is 2.85. The molecule has 1 aliphatic heterocycles. The highest BCUT2D eigenvalue weighted by molar-refractivity contribution is 5.99. The molecule has 5 heteroatoms. The fraction of sp³-hybridized carbons (Fsp3) is 0.462. The lowest BCUT2D eigenvalue weighted by atomic mass is 10.1. The first-order valence-corrected chi connectivity index (χ1v) is 6.22. The number of likely N-dealkylation sites (tertiary alicyclic amines) is 1. The topological polar surface area (TPSA) is 58.4 Å². The average molecular weight is 251 g/mol. The molecule has 0 aliphatic carbocycles. The summed E-state index contributed by atoms with van der Waals surface area (Å²) >= 11 is 0. The number of hydrogen-bond donors (Lipinski definition) is 2. The van der Waals surface area contributed by atoms with Crippen LogP contribution in [-0.4, -0.2) is 37.0 Å². The number of halogens is 1. The van der Waals surface area contributed by atoms with Crippen LogP contribution in [0.4, 0.5) is 10.1 Å². The van der Waals surface area contributed by atoms with E-state index in [0.717, 1.165) is 19.6 Å². The SMILES string of the molecule is Nc1ccc(F)cc1C(=O)NCCN1CCCC1. The van der Waals surface area contributed by atoms with Crippen LogP contribution in [-0.2, 0) is 0 Å². The molecule has 98 valence electrons. The van der Waals surface area contributed by atoms with E-state index < -0.39 is 5.82 Å². The van der Waals surface area contributed by atoms with E-state index in [-0.39, 0.29) is 11.5 Å². The van der Waals surface area contributed by atoms with Crippen molar-refractivity contribution >= 4 is 11.6 Å². The Morgan fingerprint density at radius 1 is 1.39 bits per heavy atom. The molecule has 1 aromatic carbocycles. The van der Waals surface area contributed by atoms with Crippen LogP contribution in [0.2, 0.25) is 0 Å². The maximum Gasteiger partial charge on any atom is 0.253 e. The second kappa shape index (κ2) is 5.82. The Morgan fingerprint density at radius 2 is 2.11 bits per heavy atom. The van der Waals surface area contributed by atoms with Crippen molar-refractivity contribution in [2.45, 2.75) is 12.8 Å². The van der Waals surface area contributed by atoms with E-state index >= 15 is 0 Å². The molecule has 1 fully saturated rings. The fourth-order valence-electron chi connectivity index (χ4n) is 2.15. The minimum absolute atomic E-state index is 0.205. The molecule has 2 rings (SSSR count). The molecule has 1 saturated heterocycles. The first-order chi connectivity index (χ1) is 8.66. The third kappa shape index (κ3) is 3.20. The molecule has 18 heavy (non-hydrogen) atoms. The van der Waals surface area contributed by atoms with Gasteiger partial charge in [-0.1, -0.05) is 0 Å². The quantitative estimate of drug-likeness (QED) is 0.791. The van der Waals surface area contributed by atoms with Crippen molar-refractivity contribution in [2.75, 3.05) is 31.9 Å². The zero-order chi connectivity index (χ0) is 13.0. The number of rotatable bonds is 4. The standard InChI is InChI=1S/C13H18FN3O/c14-10-3-4-12(15)11(9-10)13(18)16-5-8-17-6-1-2-7-17/h3-4,9H,1-2,5-8,15H2,(H,16,18). The van der Waals surface area contributed by atoms with Crippen molar-refractivity contribution in [1.29, 1.82) is 0 Å². The van der Waals surface area contributed by atoms with Crippen LogP contribution < -0.4 is 11.1 Å². The summed E-state index contributed by atoms with van der Waals surface area (Å²) in [5.74, 6) is -0.764. The normalized spacial score (nSPS) is 15.8. The van der Waals surface area contributed by atoms with Crippen LogP contribution in [0, 0.1) is 5.82 Å². The molecule has 0 radical (unpaired) electrons. The van der Waals surface area contributed by atoms with E-state index in [0.29, 0.717) is 12.2 Å². The highest BCUT2D eigenvalue weighted by Gasteiger charge is 2.13. The van der Waals surface area contributed by atoms with Crippen LogP contribution >= 0.6 is 0 Å². The predicted octanol–water partition coefficient (Wildman–Crippen LogP) is 1.23. The first-order valence-electron chi connectivity index (χ1n) is 6.22. The maximum atomic E-state index is 13.0. The molecule has 0 unspecified atom stereocenters. The number of amides is 1. The van der Waals surface area contributed by atoms with Crippen molar-refractivity contribution in [3.05, 3.63) is 29.6 Å². The molecule has 3 N–H and O–H groups in total. The van der Waals surface area contributed by atoms with Gasteiger partial charge in [-0.15, -0.1) is 0 Å². The largest absolute Gasteiger partial charge is 0.398 e. The highest BCUT2D eigenvalue weighted by atomic mass is 19.1. The number of carbonyl (C=O) groups excluding carboxylic acids is 1. The van der Waals surface area contributed by atoms with Crippen LogP contribution in [0.5, 0.6) is 0 Å². The highest BCUT2D eigenvalue weighted by Crippen LogP contribution is 2.13. The Kier molecular flexibility index (Phi) is 4.15. The van der Waals surface area contributed by atoms with Crippen molar-refractivity contribution in [2.24, 2.45) is 0 Å². The molecular weight excluding hydrogens is 233 g/mol. The van der Waals surface area contributed by atoms with E-state index in [9.17, 15) is 9.18 Å². The van der Waals surface area contributed by atoms with Gasteiger partial charge in [0.1, 0.15) is 5.82 Å². The van der Waals surface area contributed by atoms with Gasteiger partial charge in [0, 0.05) is 18.8 Å². The van der Waals surface area contributed by atoms with Gasteiger partial charge in [0.15, 0.2) is 0 Å². The number of nitrogens with one attached hydrogen (secondary N) is 1. The van der Waals surface area contributed by atoms with Crippen LogP contribution in [0.25, 0.3) is 0 Å². The van der Waals surface area contributed by atoms with Crippen molar-refractivity contribution in [3.8, 4) is 0 Å². The predicted molar refractivity (Wildman–Crippen MR) is 68.8 cm³/mol. The lowest BCUT2D eigenvalue weighted by molar-refractivity contribution is 0.0950.